The Labute approximate surface area is 124 Å². The predicted molar refractivity (Wildman–Crippen MR) is 82.6 cm³/mol. The van der Waals surface area contributed by atoms with E-state index in [9.17, 15) is 4.79 Å². The molecule has 3 N–H and O–H groups in total. The zero-order chi connectivity index (χ0) is 15.1. The Morgan fingerprint density at radius 3 is 2.38 bits per heavy atom. The van der Waals surface area contributed by atoms with Crippen LogP contribution in [0.1, 0.15) is 26.2 Å². The van der Waals surface area contributed by atoms with Crippen molar-refractivity contribution in [2.75, 3.05) is 48.8 Å². The predicted octanol–water partition coefficient (Wildman–Crippen LogP) is 0.452. The number of aromatic nitrogens is 3. The minimum Gasteiger partial charge on any atom is -0.358 e. The number of hydrogen-bond acceptors (Lipinski definition) is 7. The van der Waals surface area contributed by atoms with E-state index < -0.39 is 0 Å². The zero-order valence-corrected chi connectivity index (χ0v) is 12.6. The maximum absolute atomic E-state index is 11.3. The molecule has 116 valence electrons. The molecule has 8 nitrogen and oxygen atoms in total. The first-order valence-corrected chi connectivity index (χ1v) is 7.42. The quantitative estimate of drug-likeness (QED) is 0.701. The van der Waals surface area contributed by atoms with Crippen LogP contribution in [-0.2, 0) is 4.79 Å². The number of nitrogens with zero attached hydrogens (tertiary/aromatic N) is 4. The van der Waals surface area contributed by atoms with Crippen molar-refractivity contribution in [1.29, 1.82) is 0 Å². The molecule has 8 heteroatoms. The second-order valence-corrected chi connectivity index (χ2v) is 4.89. The van der Waals surface area contributed by atoms with Crippen LogP contribution in [0, 0.1) is 0 Å². The Bertz CT molecular complexity index is 474. The van der Waals surface area contributed by atoms with E-state index in [4.69, 9.17) is 0 Å². The monoisotopic (exact) mass is 293 g/mol. The van der Waals surface area contributed by atoms with E-state index in [-0.39, 0.29) is 12.5 Å². The molecule has 2 heterocycles. The fraction of sp³-hybridized carbons (Fsp3) is 0.692. The maximum atomic E-state index is 11.3. The highest BCUT2D eigenvalue weighted by atomic mass is 16.1. The Morgan fingerprint density at radius 2 is 1.76 bits per heavy atom. The van der Waals surface area contributed by atoms with Gasteiger partial charge in [0.2, 0.25) is 23.8 Å². The lowest BCUT2D eigenvalue weighted by Crippen LogP contribution is -2.32. The number of likely N-dealkylation sites (N-methyl/N-ethyl adjacent to an activating group) is 1. The second kappa shape index (κ2) is 7.61. The van der Waals surface area contributed by atoms with Gasteiger partial charge in [0.25, 0.3) is 0 Å². The van der Waals surface area contributed by atoms with Gasteiger partial charge in [0.15, 0.2) is 0 Å². The molecule has 0 atom stereocenters. The highest BCUT2D eigenvalue weighted by molar-refractivity contribution is 5.79. The molecule has 0 bridgehead atoms. The second-order valence-electron chi connectivity index (χ2n) is 4.89. The number of hydrogen-bond donors (Lipinski definition) is 3. The SMILES string of the molecule is CCNc1nc(NCC(=O)NC)nc(N2CCCCC2)n1. The summed E-state index contributed by atoms with van der Waals surface area (Å²) >= 11 is 0. The van der Waals surface area contributed by atoms with Gasteiger partial charge in [-0.15, -0.1) is 0 Å². The van der Waals surface area contributed by atoms with Gasteiger partial charge in [0, 0.05) is 26.7 Å². The highest BCUT2D eigenvalue weighted by Crippen LogP contribution is 2.18. The third-order valence-electron chi connectivity index (χ3n) is 3.28. The van der Waals surface area contributed by atoms with Gasteiger partial charge in [-0.1, -0.05) is 0 Å². The van der Waals surface area contributed by atoms with Gasteiger partial charge in [-0.2, -0.15) is 15.0 Å². The number of piperidine rings is 1. The van der Waals surface area contributed by atoms with Crippen LogP contribution < -0.4 is 20.9 Å². The van der Waals surface area contributed by atoms with E-state index in [0.29, 0.717) is 17.8 Å². The number of carbonyl (C=O) groups excluding carboxylic acids is 1. The van der Waals surface area contributed by atoms with Gasteiger partial charge in [0.05, 0.1) is 6.54 Å². The van der Waals surface area contributed by atoms with Crippen LogP contribution in [-0.4, -0.2) is 54.1 Å². The molecule has 2 rings (SSSR count). The van der Waals surface area contributed by atoms with Crippen LogP contribution in [0.5, 0.6) is 0 Å². The first-order valence-electron chi connectivity index (χ1n) is 7.42. The van der Waals surface area contributed by atoms with Crippen molar-refractivity contribution in [3.63, 3.8) is 0 Å². The van der Waals surface area contributed by atoms with E-state index in [0.717, 1.165) is 32.5 Å². The topological polar surface area (TPSA) is 95.1 Å². The van der Waals surface area contributed by atoms with Crippen molar-refractivity contribution >= 4 is 23.8 Å². The lowest BCUT2D eigenvalue weighted by Gasteiger charge is -2.27. The molecule has 1 aliphatic heterocycles. The van der Waals surface area contributed by atoms with Crippen LogP contribution in [0.3, 0.4) is 0 Å². The number of amides is 1. The number of carbonyl (C=O) groups is 1. The molecule has 1 amide bonds. The molecule has 1 saturated heterocycles. The summed E-state index contributed by atoms with van der Waals surface area (Å²) in [6, 6.07) is 0. The maximum Gasteiger partial charge on any atom is 0.239 e. The summed E-state index contributed by atoms with van der Waals surface area (Å²) in [4.78, 5) is 26.6. The minimum atomic E-state index is -0.111. The summed E-state index contributed by atoms with van der Waals surface area (Å²) in [6.07, 6.45) is 3.57. The van der Waals surface area contributed by atoms with E-state index >= 15 is 0 Å². The van der Waals surface area contributed by atoms with Crippen molar-refractivity contribution in [2.24, 2.45) is 0 Å². The summed E-state index contributed by atoms with van der Waals surface area (Å²) in [6.45, 7) is 4.79. The van der Waals surface area contributed by atoms with Crippen molar-refractivity contribution in [1.82, 2.24) is 20.3 Å². The van der Waals surface area contributed by atoms with Crippen LogP contribution in [0.2, 0.25) is 0 Å². The van der Waals surface area contributed by atoms with E-state index in [1.807, 2.05) is 6.92 Å². The largest absolute Gasteiger partial charge is 0.358 e. The zero-order valence-electron chi connectivity index (χ0n) is 12.6. The van der Waals surface area contributed by atoms with Gasteiger partial charge < -0.3 is 20.9 Å². The Balaban J connectivity index is 2.14. The van der Waals surface area contributed by atoms with Crippen LogP contribution in [0.25, 0.3) is 0 Å². The average molecular weight is 293 g/mol. The van der Waals surface area contributed by atoms with Crippen molar-refractivity contribution in [2.45, 2.75) is 26.2 Å². The lowest BCUT2D eigenvalue weighted by atomic mass is 10.1. The first kappa shape index (κ1) is 15.3. The molecule has 1 fully saturated rings. The molecular formula is C13H23N7O. The number of rotatable bonds is 6. The summed E-state index contributed by atoms with van der Waals surface area (Å²) in [5.41, 5.74) is 0. The lowest BCUT2D eigenvalue weighted by molar-refractivity contribution is -0.118. The summed E-state index contributed by atoms with van der Waals surface area (Å²) in [7, 11) is 1.60. The summed E-state index contributed by atoms with van der Waals surface area (Å²) in [5, 5.41) is 8.59. The van der Waals surface area contributed by atoms with Crippen molar-refractivity contribution in [3.05, 3.63) is 0 Å². The molecule has 0 saturated carbocycles. The molecule has 0 aliphatic carbocycles. The first-order chi connectivity index (χ1) is 10.2. The van der Waals surface area contributed by atoms with Crippen LogP contribution >= 0.6 is 0 Å². The third kappa shape index (κ3) is 4.44. The average Bonchev–Trinajstić information content (AvgIpc) is 2.53. The van der Waals surface area contributed by atoms with Crippen LogP contribution in [0.4, 0.5) is 17.8 Å². The highest BCUT2D eigenvalue weighted by Gasteiger charge is 2.16. The van der Waals surface area contributed by atoms with Gasteiger partial charge in [-0.3, -0.25) is 4.79 Å². The Kier molecular flexibility index (Phi) is 5.53. The van der Waals surface area contributed by atoms with E-state index in [1.54, 1.807) is 7.05 Å². The van der Waals surface area contributed by atoms with Gasteiger partial charge in [-0.25, -0.2) is 0 Å². The molecule has 0 unspecified atom stereocenters. The fourth-order valence-corrected chi connectivity index (χ4v) is 2.16. The molecule has 0 spiro atoms. The van der Waals surface area contributed by atoms with Gasteiger partial charge >= 0.3 is 0 Å². The van der Waals surface area contributed by atoms with Crippen LogP contribution in [0.15, 0.2) is 0 Å². The Hall–Kier alpha value is -2.12. The molecule has 0 aromatic carbocycles. The molecule has 21 heavy (non-hydrogen) atoms. The van der Waals surface area contributed by atoms with E-state index in [1.165, 1.54) is 6.42 Å². The minimum absolute atomic E-state index is 0.111. The molecule has 0 radical (unpaired) electrons. The standard InChI is InChI=1S/C13H23N7O/c1-3-15-11-17-12(16-9-10(21)14-2)19-13(18-11)20-7-5-4-6-8-20/h3-9H2,1-2H3,(H,14,21)(H2,15,16,17,18,19). The normalized spacial score (nSPS) is 14.7. The van der Waals surface area contributed by atoms with E-state index in [2.05, 4.69) is 35.8 Å². The van der Waals surface area contributed by atoms with Gasteiger partial charge in [0.1, 0.15) is 0 Å². The molecule has 1 aromatic heterocycles. The smallest absolute Gasteiger partial charge is 0.239 e. The fourth-order valence-electron chi connectivity index (χ4n) is 2.16. The number of nitrogens with one attached hydrogen (secondary N) is 3. The Morgan fingerprint density at radius 1 is 1.10 bits per heavy atom. The summed E-state index contributed by atoms with van der Waals surface area (Å²) < 4.78 is 0. The molecule has 1 aromatic rings. The van der Waals surface area contributed by atoms with Gasteiger partial charge in [-0.05, 0) is 26.2 Å². The van der Waals surface area contributed by atoms with Crippen molar-refractivity contribution in [3.8, 4) is 0 Å². The number of anilines is 3. The summed E-state index contributed by atoms with van der Waals surface area (Å²) in [5.74, 6) is 1.51. The molecular weight excluding hydrogens is 270 g/mol. The van der Waals surface area contributed by atoms with Crippen molar-refractivity contribution < 1.29 is 4.79 Å². The molecule has 1 aliphatic rings. The third-order valence-corrected chi connectivity index (χ3v) is 3.28.